The van der Waals surface area contributed by atoms with Crippen LogP contribution in [0.5, 0.6) is 5.75 Å². The Morgan fingerprint density at radius 2 is 1.96 bits per heavy atom. The first-order valence-electron chi connectivity index (χ1n) is 8.23. The molecule has 5 nitrogen and oxygen atoms in total. The Bertz CT molecular complexity index is 735. The summed E-state index contributed by atoms with van der Waals surface area (Å²) in [5.74, 6) is 1.15. The van der Waals surface area contributed by atoms with Gasteiger partial charge in [-0.25, -0.2) is 0 Å². The van der Waals surface area contributed by atoms with Gasteiger partial charge in [-0.1, -0.05) is 30.3 Å². The predicted octanol–water partition coefficient (Wildman–Crippen LogP) is 3.49. The second-order valence-electron chi connectivity index (χ2n) is 5.97. The lowest BCUT2D eigenvalue weighted by molar-refractivity contribution is 0.417. The molecule has 1 unspecified atom stereocenters. The lowest BCUT2D eigenvalue weighted by Gasteiger charge is -2.26. The van der Waals surface area contributed by atoms with Gasteiger partial charge in [-0.3, -0.25) is 4.99 Å². The number of fused-ring (bicyclic) bond motifs is 1. The average Bonchev–Trinajstić information content (AvgIpc) is 3.04. The van der Waals surface area contributed by atoms with Gasteiger partial charge in [0.25, 0.3) is 0 Å². The van der Waals surface area contributed by atoms with Crippen molar-refractivity contribution in [2.45, 2.75) is 19.4 Å². The van der Waals surface area contributed by atoms with Crippen LogP contribution in [0.1, 0.15) is 12.5 Å². The summed E-state index contributed by atoms with van der Waals surface area (Å²) in [6.07, 6.45) is 1.10. The van der Waals surface area contributed by atoms with E-state index in [1.54, 1.807) is 7.11 Å². The standard InChI is InChI=1S/C19H24N4O.HI/c1-14(23-12-11-15-7-3-5-9-17(15)23)13-21-19(20)22-16-8-4-6-10-18(16)24-2;/h3-10,14H,11-13H2,1-2H3,(H3,20,21,22);1H. The quantitative estimate of drug-likeness (QED) is 0.414. The minimum atomic E-state index is 0. The molecule has 1 atom stereocenters. The number of para-hydroxylation sites is 3. The van der Waals surface area contributed by atoms with Gasteiger partial charge in [-0.2, -0.15) is 0 Å². The topological polar surface area (TPSA) is 62.9 Å². The molecule has 0 amide bonds. The number of benzene rings is 2. The Morgan fingerprint density at radius 3 is 2.76 bits per heavy atom. The maximum Gasteiger partial charge on any atom is 0.193 e. The summed E-state index contributed by atoms with van der Waals surface area (Å²) in [6.45, 7) is 3.86. The molecule has 3 N–H and O–H groups in total. The zero-order valence-corrected chi connectivity index (χ0v) is 16.9. The lowest BCUT2D eigenvalue weighted by atomic mass is 10.2. The van der Waals surface area contributed by atoms with Crippen molar-refractivity contribution >= 4 is 41.3 Å². The van der Waals surface area contributed by atoms with E-state index in [9.17, 15) is 0 Å². The normalized spacial score (nSPS) is 14.5. The number of hydrogen-bond donors (Lipinski definition) is 2. The Hall–Kier alpha value is -1.96. The highest BCUT2D eigenvalue weighted by Gasteiger charge is 2.22. The van der Waals surface area contributed by atoms with Crippen LogP contribution >= 0.6 is 24.0 Å². The van der Waals surface area contributed by atoms with E-state index < -0.39 is 0 Å². The van der Waals surface area contributed by atoms with Gasteiger partial charge in [0.2, 0.25) is 0 Å². The minimum absolute atomic E-state index is 0. The van der Waals surface area contributed by atoms with Crippen LogP contribution < -0.4 is 20.7 Å². The third-order valence-corrected chi connectivity index (χ3v) is 4.35. The number of nitrogens with one attached hydrogen (secondary N) is 1. The maximum absolute atomic E-state index is 6.04. The van der Waals surface area contributed by atoms with Crippen LogP contribution in [0.3, 0.4) is 0 Å². The Labute approximate surface area is 166 Å². The van der Waals surface area contributed by atoms with Gasteiger partial charge >= 0.3 is 0 Å². The fraction of sp³-hybridized carbons (Fsp3) is 0.316. The second-order valence-corrected chi connectivity index (χ2v) is 5.97. The third kappa shape index (κ3) is 4.56. The molecule has 0 aliphatic carbocycles. The van der Waals surface area contributed by atoms with Crippen molar-refractivity contribution in [3.63, 3.8) is 0 Å². The van der Waals surface area contributed by atoms with Crippen molar-refractivity contribution in [3.8, 4) is 5.75 Å². The SMILES string of the molecule is COc1ccccc1NC(N)=NCC(C)N1CCc2ccccc21.I. The molecule has 0 saturated heterocycles. The van der Waals surface area contributed by atoms with E-state index in [0.29, 0.717) is 18.5 Å². The van der Waals surface area contributed by atoms with Crippen molar-refractivity contribution in [2.75, 3.05) is 30.4 Å². The predicted molar refractivity (Wildman–Crippen MR) is 115 cm³/mol. The molecule has 0 fully saturated rings. The number of aliphatic imine (C=N–C) groups is 1. The van der Waals surface area contributed by atoms with Crippen molar-refractivity contribution in [1.29, 1.82) is 0 Å². The number of anilines is 2. The van der Waals surface area contributed by atoms with Crippen LogP contribution in [0.2, 0.25) is 0 Å². The van der Waals surface area contributed by atoms with Crippen molar-refractivity contribution < 1.29 is 4.74 Å². The summed E-state index contributed by atoms with van der Waals surface area (Å²) in [6, 6.07) is 16.5. The fourth-order valence-corrected chi connectivity index (χ4v) is 3.08. The zero-order valence-electron chi connectivity index (χ0n) is 14.6. The highest BCUT2D eigenvalue weighted by Crippen LogP contribution is 2.29. The van der Waals surface area contributed by atoms with Crippen LogP contribution in [0.4, 0.5) is 11.4 Å². The molecule has 0 saturated carbocycles. The second kappa shape index (κ2) is 8.94. The molecule has 1 aliphatic heterocycles. The molecular formula is C19H25IN4O. The largest absolute Gasteiger partial charge is 0.495 e. The molecule has 1 heterocycles. The van der Waals surface area contributed by atoms with Gasteiger partial charge in [0.1, 0.15) is 5.75 Å². The maximum atomic E-state index is 6.04. The number of hydrogen-bond acceptors (Lipinski definition) is 3. The van der Waals surface area contributed by atoms with Gasteiger partial charge < -0.3 is 20.7 Å². The van der Waals surface area contributed by atoms with E-state index in [1.165, 1.54) is 11.3 Å². The Morgan fingerprint density at radius 1 is 1.24 bits per heavy atom. The van der Waals surface area contributed by atoms with Crippen LogP contribution in [-0.4, -0.2) is 32.2 Å². The molecule has 2 aromatic rings. The van der Waals surface area contributed by atoms with E-state index in [4.69, 9.17) is 10.5 Å². The number of nitrogens with two attached hydrogens (primary N) is 1. The van der Waals surface area contributed by atoms with Gasteiger partial charge in [0, 0.05) is 18.3 Å². The van der Waals surface area contributed by atoms with Gasteiger partial charge in [0.15, 0.2) is 5.96 Å². The van der Waals surface area contributed by atoms with Crippen LogP contribution in [0.25, 0.3) is 0 Å². The third-order valence-electron chi connectivity index (χ3n) is 4.35. The molecule has 1 aliphatic rings. The Balaban J connectivity index is 0.00000225. The molecule has 25 heavy (non-hydrogen) atoms. The van der Waals surface area contributed by atoms with E-state index in [1.807, 2.05) is 24.3 Å². The summed E-state index contributed by atoms with van der Waals surface area (Å²) in [4.78, 5) is 6.90. The first-order chi connectivity index (χ1) is 11.7. The van der Waals surface area contributed by atoms with E-state index in [-0.39, 0.29) is 24.0 Å². The minimum Gasteiger partial charge on any atom is -0.495 e. The molecule has 0 spiro atoms. The van der Waals surface area contributed by atoms with Crippen LogP contribution in [0, 0.1) is 0 Å². The summed E-state index contributed by atoms with van der Waals surface area (Å²) >= 11 is 0. The summed E-state index contributed by atoms with van der Waals surface area (Å²) in [7, 11) is 1.64. The fourth-order valence-electron chi connectivity index (χ4n) is 3.08. The molecule has 0 radical (unpaired) electrons. The first kappa shape index (κ1) is 19.4. The molecule has 6 heteroatoms. The van der Waals surface area contributed by atoms with Crippen LogP contribution in [-0.2, 0) is 6.42 Å². The van der Waals surface area contributed by atoms with Gasteiger partial charge in [0.05, 0.1) is 19.3 Å². The number of rotatable bonds is 5. The van der Waals surface area contributed by atoms with Gasteiger partial charge in [-0.15, -0.1) is 24.0 Å². The molecule has 2 aromatic carbocycles. The highest BCUT2D eigenvalue weighted by molar-refractivity contribution is 14.0. The number of guanidine groups is 1. The number of nitrogens with zero attached hydrogens (tertiary/aromatic N) is 2. The van der Waals surface area contributed by atoms with E-state index >= 15 is 0 Å². The number of ether oxygens (including phenoxy) is 1. The lowest BCUT2D eigenvalue weighted by Crippen LogP contribution is -2.35. The monoisotopic (exact) mass is 452 g/mol. The highest BCUT2D eigenvalue weighted by atomic mass is 127. The summed E-state index contributed by atoms with van der Waals surface area (Å²) < 4.78 is 5.31. The molecular weight excluding hydrogens is 427 g/mol. The van der Waals surface area contributed by atoms with E-state index in [0.717, 1.165) is 24.4 Å². The van der Waals surface area contributed by atoms with Crippen LogP contribution in [0.15, 0.2) is 53.5 Å². The average molecular weight is 452 g/mol. The summed E-state index contributed by atoms with van der Waals surface area (Å²) in [5.41, 5.74) is 9.58. The van der Waals surface area contributed by atoms with E-state index in [2.05, 4.69) is 46.4 Å². The molecule has 134 valence electrons. The number of halogens is 1. The Kier molecular flexibility index (Phi) is 6.92. The molecule has 0 aromatic heterocycles. The zero-order chi connectivity index (χ0) is 16.9. The van der Waals surface area contributed by atoms with Gasteiger partial charge in [-0.05, 0) is 37.1 Å². The smallest absolute Gasteiger partial charge is 0.193 e. The summed E-state index contributed by atoms with van der Waals surface area (Å²) in [5, 5.41) is 3.11. The molecule has 0 bridgehead atoms. The van der Waals surface area contributed by atoms with Crippen molar-refractivity contribution in [1.82, 2.24) is 0 Å². The first-order valence-corrected chi connectivity index (χ1v) is 8.23. The number of methoxy groups -OCH3 is 1. The van der Waals surface area contributed by atoms with Crippen molar-refractivity contribution in [2.24, 2.45) is 10.7 Å². The van der Waals surface area contributed by atoms with Crippen molar-refractivity contribution in [3.05, 3.63) is 54.1 Å². The molecule has 3 rings (SSSR count).